The Kier molecular flexibility index (Phi) is 4.74. The molecule has 9 heteroatoms. The molecule has 3 N–H and O–H groups in total. The van der Waals surface area contributed by atoms with E-state index in [4.69, 9.17) is 5.73 Å². The number of aromatic nitrogens is 2. The van der Waals surface area contributed by atoms with Gasteiger partial charge in [-0.05, 0) is 63.0 Å². The summed E-state index contributed by atoms with van der Waals surface area (Å²) in [6.45, 7) is 1.67. The van der Waals surface area contributed by atoms with Gasteiger partial charge in [0.15, 0.2) is 0 Å². The zero-order valence-electron chi connectivity index (χ0n) is 16.6. The van der Waals surface area contributed by atoms with Crippen molar-refractivity contribution in [1.82, 2.24) is 9.55 Å². The largest absolute Gasteiger partial charge is 0.365 e. The number of fused-ring (bicyclic) bond motifs is 4. The third kappa shape index (κ3) is 2.99. The Morgan fingerprint density at radius 2 is 1.80 bits per heavy atom. The molecule has 30 heavy (non-hydrogen) atoms. The Balaban J connectivity index is 1.48. The third-order valence-corrected chi connectivity index (χ3v) is 8.51. The first-order valence-electron chi connectivity index (χ1n) is 10.2. The van der Waals surface area contributed by atoms with E-state index in [0.29, 0.717) is 16.0 Å². The molecular weight excluding hydrogens is 420 g/mol. The Labute approximate surface area is 180 Å². The van der Waals surface area contributed by atoms with E-state index < -0.39 is 11.9 Å². The van der Waals surface area contributed by atoms with Crippen LogP contribution in [0.25, 0.3) is 10.2 Å². The van der Waals surface area contributed by atoms with Gasteiger partial charge in [-0.15, -0.1) is 22.7 Å². The molecule has 0 bridgehead atoms. The lowest BCUT2D eigenvalue weighted by atomic mass is 9.95. The zero-order valence-corrected chi connectivity index (χ0v) is 18.3. The number of hydrogen-bond donors (Lipinski definition) is 2. The van der Waals surface area contributed by atoms with Gasteiger partial charge in [-0.25, -0.2) is 4.98 Å². The minimum absolute atomic E-state index is 0.178. The SMILES string of the molecule is CC(C(=O)Nc1sc2c(c1C(N)=O)CCCC2)n1cnc2sc3c(c2c1=O)CCC3. The molecule has 2 aliphatic carbocycles. The van der Waals surface area contributed by atoms with Crippen molar-refractivity contribution in [2.45, 2.75) is 57.9 Å². The van der Waals surface area contributed by atoms with Crippen LogP contribution < -0.4 is 16.6 Å². The van der Waals surface area contributed by atoms with Gasteiger partial charge < -0.3 is 11.1 Å². The molecule has 0 fully saturated rings. The Hall–Kier alpha value is -2.52. The van der Waals surface area contributed by atoms with E-state index in [0.717, 1.165) is 65.8 Å². The van der Waals surface area contributed by atoms with Crippen LogP contribution in [0.4, 0.5) is 5.00 Å². The van der Waals surface area contributed by atoms with Crippen LogP contribution in [0.2, 0.25) is 0 Å². The van der Waals surface area contributed by atoms with Crippen LogP contribution in [0.15, 0.2) is 11.1 Å². The normalized spacial score (nSPS) is 16.3. The average molecular weight is 443 g/mol. The van der Waals surface area contributed by atoms with Crippen molar-refractivity contribution in [1.29, 1.82) is 0 Å². The first kappa shape index (κ1) is 19.4. The maximum Gasteiger partial charge on any atom is 0.263 e. The van der Waals surface area contributed by atoms with E-state index in [-0.39, 0.29) is 11.5 Å². The van der Waals surface area contributed by atoms with Crippen LogP contribution in [-0.2, 0) is 30.5 Å². The standard InChI is InChI=1S/C21H22N4O3S2/c1-10(25-9-23-19-16(21(25)28)12-6-4-8-14(12)29-19)18(27)24-20-15(17(22)26)11-5-2-3-7-13(11)30-20/h9-10H,2-8H2,1H3,(H2,22,26)(H,24,27). The van der Waals surface area contributed by atoms with Crippen LogP contribution in [0.1, 0.15) is 63.5 Å². The van der Waals surface area contributed by atoms with E-state index in [2.05, 4.69) is 10.3 Å². The van der Waals surface area contributed by atoms with Crippen LogP contribution in [0.5, 0.6) is 0 Å². The molecule has 5 rings (SSSR count). The average Bonchev–Trinajstić information content (AvgIpc) is 3.39. The van der Waals surface area contributed by atoms with Crippen molar-refractivity contribution in [3.63, 3.8) is 0 Å². The lowest BCUT2D eigenvalue weighted by molar-refractivity contribution is -0.118. The number of nitrogens with one attached hydrogen (secondary N) is 1. The number of amides is 2. The Bertz CT molecular complexity index is 1250. The van der Waals surface area contributed by atoms with Gasteiger partial charge in [0.25, 0.3) is 11.5 Å². The fourth-order valence-corrected chi connectivity index (χ4v) is 7.05. The highest BCUT2D eigenvalue weighted by atomic mass is 32.1. The molecule has 0 radical (unpaired) electrons. The Morgan fingerprint density at radius 3 is 2.60 bits per heavy atom. The highest BCUT2D eigenvalue weighted by molar-refractivity contribution is 7.18. The van der Waals surface area contributed by atoms with Crippen molar-refractivity contribution in [3.05, 3.63) is 43.1 Å². The van der Waals surface area contributed by atoms with Gasteiger partial charge in [-0.3, -0.25) is 19.0 Å². The number of thiophene rings is 2. The molecule has 7 nitrogen and oxygen atoms in total. The predicted octanol–water partition coefficient (Wildman–Crippen LogP) is 3.19. The van der Waals surface area contributed by atoms with Crippen LogP contribution in [0, 0.1) is 0 Å². The van der Waals surface area contributed by atoms with Crippen LogP contribution in [0.3, 0.4) is 0 Å². The molecule has 0 spiro atoms. The summed E-state index contributed by atoms with van der Waals surface area (Å²) in [5.74, 6) is -0.877. The number of aryl methyl sites for hydroxylation is 3. The van der Waals surface area contributed by atoms with Gasteiger partial charge in [0, 0.05) is 9.75 Å². The number of hydrogen-bond acceptors (Lipinski definition) is 6. The minimum atomic E-state index is -0.758. The maximum atomic E-state index is 13.2. The summed E-state index contributed by atoms with van der Waals surface area (Å²) >= 11 is 3.00. The topological polar surface area (TPSA) is 107 Å². The second-order valence-corrected chi connectivity index (χ2v) is 10.1. The van der Waals surface area contributed by atoms with E-state index in [1.807, 2.05) is 0 Å². The summed E-state index contributed by atoms with van der Waals surface area (Å²) in [4.78, 5) is 45.8. The number of rotatable bonds is 4. The molecule has 0 aromatic carbocycles. The van der Waals surface area contributed by atoms with Gasteiger partial charge in [0.1, 0.15) is 15.9 Å². The molecule has 0 saturated carbocycles. The fourth-order valence-electron chi connectivity index (χ4n) is 4.53. The van der Waals surface area contributed by atoms with Crippen molar-refractivity contribution in [3.8, 4) is 0 Å². The Morgan fingerprint density at radius 1 is 1.10 bits per heavy atom. The van der Waals surface area contributed by atoms with Gasteiger partial charge in [0.05, 0.1) is 17.3 Å². The highest BCUT2D eigenvalue weighted by Gasteiger charge is 2.28. The van der Waals surface area contributed by atoms with E-state index in [1.54, 1.807) is 18.3 Å². The highest BCUT2D eigenvalue weighted by Crippen LogP contribution is 2.38. The van der Waals surface area contributed by atoms with Crippen LogP contribution in [-0.4, -0.2) is 21.4 Å². The number of nitrogens with zero attached hydrogens (tertiary/aromatic N) is 2. The first-order chi connectivity index (χ1) is 14.5. The second kappa shape index (κ2) is 7.31. The molecule has 0 aliphatic heterocycles. The maximum absolute atomic E-state index is 13.2. The molecule has 0 saturated heterocycles. The van der Waals surface area contributed by atoms with Gasteiger partial charge in [-0.2, -0.15) is 0 Å². The summed E-state index contributed by atoms with van der Waals surface area (Å²) in [5, 5.41) is 4.01. The second-order valence-electron chi connectivity index (χ2n) is 7.94. The number of anilines is 1. The van der Waals surface area contributed by atoms with Crippen molar-refractivity contribution >= 4 is 49.7 Å². The molecule has 1 unspecified atom stereocenters. The predicted molar refractivity (Wildman–Crippen MR) is 119 cm³/mol. The summed E-state index contributed by atoms with van der Waals surface area (Å²) in [7, 11) is 0. The molecule has 3 aromatic rings. The van der Waals surface area contributed by atoms with Gasteiger partial charge in [-0.1, -0.05) is 0 Å². The lowest BCUT2D eigenvalue weighted by Crippen LogP contribution is -2.32. The van der Waals surface area contributed by atoms with Crippen molar-refractivity contribution in [2.24, 2.45) is 5.73 Å². The quantitative estimate of drug-likeness (QED) is 0.647. The molecule has 156 valence electrons. The number of carbonyl (C=O) groups is 2. The number of primary amides is 1. The number of nitrogens with two attached hydrogens (primary N) is 1. The number of carbonyl (C=O) groups excluding carboxylic acids is 2. The van der Waals surface area contributed by atoms with Gasteiger partial charge in [0.2, 0.25) is 5.91 Å². The zero-order chi connectivity index (χ0) is 21.0. The molecular formula is C21H22N4O3S2. The fraction of sp³-hybridized carbons (Fsp3) is 0.429. The van der Waals surface area contributed by atoms with Crippen molar-refractivity contribution in [2.75, 3.05) is 5.32 Å². The summed E-state index contributed by atoms with van der Waals surface area (Å²) in [6.07, 6.45) is 8.18. The monoisotopic (exact) mass is 442 g/mol. The first-order valence-corrected chi connectivity index (χ1v) is 11.9. The molecule has 1 atom stereocenters. The third-order valence-electron chi connectivity index (χ3n) is 6.10. The lowest BCUT2D eigenvalue weighted by Gasteiger charge is -2.15. The smallest absolute Gasteiger partial charge is 0.263 e. The van der Waals surface area contributed by atoms with E-state index in [1.165, 1.54) is 27.1 Å². The van der Waals surface area contributed by atoms with E-state index >= 15 is 0 Å². The minimum Gasteiger partial charge on any atom is -0.365 e. The van der Waals surface area contributed by atoms with Crippen LogP contribution >= 0.6 is 22.7 Å². The molecule has 3 heterocycles. The molecule has 3 aromatic heterocycles. The van der Waals surface area contributed by atoms with Crippen molar-refractivity contribution < 1.29 is 9.59 Å². The summed E-state index contributed by atoms with van der Waals surface area (Å²) in [6, 6.07) is -0.758. The molecule has 2 aliphatic rings. The van der Waals surface area contributed by atoms with Gasteiger partial charge >= 0.3 is 0 Å². The summed E-state index contributed by atoms with van der Waals surface area (Å²) < 4.78 is 1.39. The molecule has 2 amide bonds. The van der Waals surface area contributed by atoms with E-state index in [9.17, 15) is 14.4 Å². The summed E-state index contributed by atoms with van der Waals surface area (Å²) in [5.41, 5.74) is 7.93.